The van der Waals surface area contributed by atoms with Crippen LogP contribution in [0.4, 0.5) is 17.5 Å². The average Bonchev–Trinajstić information content (AvgIpc) is 2.97. The Morgan fingerprint density at radius 3 is 2.49 bits per heavy atom. The Morgan fingerprint density at radius 2 is 1.77 bits per heavy atom. The van der Waals surface area contributed by atoms with Crippen LogP contribution in [0.25, 0.3) is 10.9 Å². The molecule has 2 aliphatic heterocycles. The number of hydrogen-bond donors (Lipinski definition) is 1. The smallest absolute Gasteiger partial charge is 0.228 e. The Labute approximate surface area is 229 Å². The van der Waals surface area contributed by atoms with Crippen molar-refractivity contribution < 1.29 is 18.9 Å². The van der Waals surface area contributed by atoms with Crippen molar-refractivity contribution >= 4 is 34.3 Å². The highest BCUT2D eigenvalue weighted by molar-refractivity contribution is 5.99. The second kappa shape index (κ2) is 12.5. The molecule has 0 unspecified atom stereocenters. The fourth-order valence-electron chi connectivity index (χ4n) is 4.63. The molecule has 2 aromatic carbocycles. The van der Waals surface area contributed by atoms with Gasteiger partial charge in [-0.05, 0) is 30.7 Å². The number of rotatable bonds is 8. The summed E-state index contributed by atoms with van der Waals surface area (Å²) in [6.07, 6.45) is 0. The van der Waals surface area contributed by atoms with E-state index in [9.17, 15) is 0 Å². The molecule has 2 saturated heterocycles. The van der Waals surface area contributed by atoms with Crippen molar-refractivity contribution in [3.63, 3.8) is 0 Å². The van der Waals surface area contributed by atoms with Crippen LogP contribution in [0.5, 0.6) is 11.5 Å². The lowest BCUT2D eigenvalue weighted by molar-refractivity contribution is 0.0321. The molecule has 0 bridgehead atoms. The lowest BCUT2D eigenvalue weighted by Crippen LogP contribution is -2.38. The molecule has 0 spiro atoms. The highest BCUT2D eigenvalue weighted by Gasteiger charge is 2.20. The van der Waals surface area contributed by atoms with Gasteiger partial charge in [-0.3, -0.25) is 4.90 Å². The van der Waals surface area contributed by atoms with E-state index in [1.165, 1.54) is 0 Å². The van der Waals surface area contributed by atoms with Gasteiger partial charge in [-0.1, -0.05) is 12.1 Å². The quantitative estimate of drug-likeness (QED) is 0.341. The van der Waals surface area contributed by atoms with Crippen molar-refractivity contribution in [1.82, 2.24) is 14.9 Å². The molecule has 11 heteroatoms. The number of methoxy groups -OCH3 is 1. The molecule has 2 fully saturated rings. The summed E-state index contributed by atoms with van der Waals surface area (Å²) in [6, 6.07) is 11.9. The molecule has 2 aliphatic rings. The normalized spacial score (nSPS) is 16.9. The van der Waals surface area contributed by atoms with Gasteiger partial charge in [-0.25, -0.2) is 4.98 Å². The van der Waals surface area contributed by atoms with Crippen LogP contribution < -0.4 is 25.0 Å². The standard InChI is InChI=1S/C28H37N7O4/c1-20-5-4-6-21(17-20)33(2)27(29)31-26-22-18-25(39-16-9-34-7-12-37-13-8-34)24(36-3)19-23(22)30-28(32-26)35-10-14-38-15-11-35/h4-6,17-19H,7-16H2,1-3H3,(H2,29,30,31,32). The summed E-state index contributed by atoms with van der Waals surface area (Å²) in [5, 5.41) is 0.731. The molecule has 3 aromatic rings. The molecule has 11 nitrogen and oxygen atoms in total. The minimum Gasteiger partial charge on any atom is -0.493 e. The van der Waals surface area contributed by atoms with Crippen molar-refractivity contribution in [2.45, 2.75) is 6.92 Å². The molecule has 2 N–H and O–H groups in total. The largest absolute Gasteiger partial charge is 0.493 e. The second-order valence-electron chi connectivity index (χ2n) is 9.64. The Balaban J connectivity index is 1.50. The molecule has 0 amide bonds. The molecule has 208 valence electrons. The van der Waals surface area contributed by atoms with Crippen molar-refractivity contribution in [3.8, 4) is 11.5 Å². The van der Waals surface area contributed by atoms with E-state index >= 15 is 0 Å². The van der Waals surface area contributed by atoms with Crippen molar-refractivity contribution in [3.05, 3.63) is 42.0 Å². The zero-order chi connectivity index (χ0) is 27.2. The Hall–Kier alpha value is -3.67. The summed E-state index contributed by atoms with van der Waals surface area (Å²) < 4.78 is 22.9. The summed E-state index contributed by atoms with van der Waals surface area (Å²) in [5.41, 5.74) is 9.30. The van der Waals surface area contributed by atoms with Crippen LogP contribution >= 0.6 is 0 Å². The predicted molar refractivity (Wildman–Crippen MR) is 153 cm³/mol. The summed E-state index contributed by atoms with van der Waals surface area (Å²) in [4.78, 5) is 20.8. The van der Waals surface area contributed by atoms with Gasteiger partial charge in [0.15, 0.2) is 17.3 Å². The van der Waals surface area contributed by atoms with E-state index < -0.39 is 0 Å². The number of aliphatic imine (C=N–C) groups is 1. The van der Waals surface area contributed by atoms with Crippen molar-refractivity contribution in [1.29, 1.82) is 0 Å². The third kappa shape index (κ3) is 6.49. The predicted octanol–water partition coefficient (Wildman–Crippen LogP) is 2.58. The number of nitrogens with zero attached hydrogens (tertiary/aromatic N) is 6. The summed E-state index contributed by atoms with van der Waals surface area (Å²) >= 11 is 0. The topological polar surface area (TPSA) is 111 Å². The van der Waals surface area contributed by atoms with Gasteiger partial charge in [0.2, 0.25) is 11.9 Å². The van der Waals surface area contributed by atoms with Gasteiger partial charge < -0.3 is 34.5 Å². The highest BCUT2D eigenvalue weighted by atomic mass is 16.5. The monoisotopic (exact) mass is 535 g/mol. The first-order chi connectivity index (χ1) is 19.0. The van der Waals surface area contributed by atoms with Crippen LogP contribution in [0.3, 0.4) is 0 Å². The maximum atomic E-state index is 6.52. The molecule has 0 atom stereocenters. The minimum absolute atomic E-state index is 0.319. The molecular formula is C28H37N7O4. The van der Waals surface area contributed by atoms with E-state index in [2.05, 4.69) is 15.9 Å². The Bertz CT molecular complexity index is 1310. The van der Waals surface area contributed by atoms with Crippen LogP contribution in [0.1, 0.15) is 5.56 Å². The van der Waals surface area contributed by atoms with Crippen LogP contribution in [0, 0.1) is 6.92 Å². The maximum Gasteiger partial charge on any atom is 0.228 e. The third-order valence-electron chi connectivity index (χ3n) is 6.96. The third-order valence-corrected chi connectivity index (χ3v) is 6.96. The van der Waals surface area contributed by atoms with E-state index in [1.54, 1.807) is 7.11 Å². The number of aromatic nitrogens is 2. The van der Waals surface area contributed by atoms with Crippen LogP contribution in [-0.4, -0.2) is 101 Å². The fraction of sp³-hybridized carbons (Fsp3) is 0.464. The number of morpholine rings is 2. The lowest BCUT2D eigenvalue weighted by atomic mass is 10.2. The Kier molecular flexibility index (Phi) is 8.60. The molecule has 3 heterocycles. The first-order valence-corrected chi connectivity index (χ1v) is 13.3. The number of fused-ring (bicyclic) bond motifs is 1. The number of guanidine groups is 1. The molecule has 1 aromatic heterocycles. The molecule has 5 rings (SSSR count). The number of nitrogens with two attached hydrogens (primary N) is 1. The molecule has 39 heavy (non-hydrogen) atoms. The van der Waals surface area contributed by atoms with E-state index in [4.69, 9.17) is 39.6 Å². The van der Waals surface area contributed by atoms with E-state index in [-0.39, 0.29) is 0 Å². The van der Waals surface area contributed by atoms with Gasteiger partial charge in [-0.15, -0.1) is 0 Å². The maximum absolute atomic E-state index is 6.52. The zero-order valence-corrected chi connectivity index (χ0v) is 22.9. The minimum atomic E-state index is 0.319. The fourth-order valence-corrected chi connectivity index (χ4v) is 4.63. The highest BCUT2D eigenvalue weighted by Crippen LogP contribution is 2.36. The number of ether oxygens (including phenoxy) is 4. The van der Waals surface area contributed by atoms with Gasteiger partial charge in [0.1, 0.15) is 6.61 Å². The molecule has 0 aliphatic carbocycles. The van der Waals surface area contributed by atoms with Crippen molar-refractivity contribution in [2.24, 2.45) is 10.7 Å². The van der Waals surface area contributed by atoms with Gasteiger partial charge in [0.05, 0.1) is 39.1 Å². The summed E-state index contributed by atoms with van der Waals surface area (Å²) in [7, 11) is 3.52. The summed E-state index contributed by atoms with van der Waals surface area (Å²) in [6.45, 7) is 9.33. The van der Waals surface area contributed by atoms with Gasteiger partial charge in [0, 0.05) is 56.9 Å². The molecule has 0 radical (unpaired) electrons. The number of benzene rings is 2. The van der Waals surface area contributed by atoms with Crippen LogP contribution in [-0.2, 0) is 9.47 Å². The number of aryl methyl sites for hydroxylation is 1. The van der Waals surface area contributed by atoms with Gasteiger partial charge in [0.25, 0.3) is 0 Å². The van der Waals surface area contributed by atoms with E-state index in [0.29, 0.717) is 67.7 Å². The van der Waals surface area contributed by atoms with Gasteiger partial charge in [-0.2, -0.15) is 9.98 Å². The first-order valence-electron chi connectivity index (χ1n) is 13.3. The van der Waals surface area contributed by atoms with Crippen molar-refractivity contribution in [2.75, 3.05) is 89.7 Å². The second-order valence-corrected chi connectivity index (χ2v) is 9.64. The van der Waals surface area contributed by atoms with E-state index in [0.717, 1.165) is 49.5 Å². The SMILES string of the molecule is COc1cc2nc(N3CCOCC3)nc(N=C(N)N(C)c3cccc(C)c3)c2cc1OCCN1CCOCC1. The van der Waals surface area contributed by atoms with E-state index in [1.807, 2.05) is 49.2 Å². The summed E-state index contributed by atoms with van der Waals surface area (Å²) in [5.74, 6) is 2.59. The van der Waals surface area contributed by atoms with Crippen LogP contribution in [0.15, 0.2) is 41.4 Å². The molecular weight excluding hydrogens is 498 g/mol. The number of anilines is 2. The number of hydrogen-bond acceptors (Lipinski definition) is 9. The Morgan fingerprint density at radius 1 is 1.03 bits per heavy atom. The lowest BCUT2D eigenvalue weighted by Gasteiger charge is -2.27. The van der Waals surface area contributed by atoms with Crippen LogP contribution in [0.2, 0.25) is 0 Å². The average molecular weight is 536 g/mol. The zero-order valence-electron chi connectivity index (χ0n) is 22.9. The molecule has 0 saturated carbocycles. The first kappa shape index (κ1) is 26.9. The van der Waals surface area contributed by atoms with Gasteiger partial charge >= 0.3 is 0 Å².